The zero-order chi connectivity index (χ0) is 22.5. The van der Waals surface area contributed by atoms with Crippen molar-refractivity contribution in [2.45, 2.75) is 53.9 Å². The third-order valence-electron chi connectivity index (χ3n) is 7.33. The molecule has 7 atom stereocenters. The molecule has 0 saturated heterocycles. The molecule has 0 bridgehead atoms. The molecule has 0 aromatic heterocycles. The van der Waals surface area contributed by atoms with Crippen molar-refractivity contribution in [2.24, 2.45) is 52.3 Å². The number of carboxylic acids is 4. The van der Waals surface area contributed by atoms with Crippen LogP contribution in [0.5, 0.6) is 0 Å². The lowest BCUT2D eigenvalue weighted by Gasteiger charge is -2.70. The predicted octanol–water partition coefficient (Wildman–Crippen LogP) is 2.91. The molecule has 2 saturated carbocycles. The highest BCUT2D eigenvalue weighted by Gasteiger charge is 2.81. The summed E-state index contributed by atoms with van der Waals surface area (Å²) in [7, 11) is 0. The Hall–Kier alpha value is -2.12. The number of fused-ring (bicyclic) bond motifs is 1. The SMILES string of the molecule is CC(C)CC1(C(=O)O)C2CC(C(=O)O)C(C(=O)O)C(C)C2C1(CC(C)C)C(=O)O. The van der Waals surface area contributed by atoms with Gasteiger partial charge in [0.15, 0.2) is 0 Å². The predicted molar refractivity (Wildman–Crippen MR) is 102 cm³/mol. The summed E-state index contributed by atoms with van der Waals surface area (Å²) in [4.78, 5) is 49.1. The van der Waals surface area contributed by atoms with Crippen LogP contribution in [0.3, 0.4) is 0 Å². The topological polar surface area (TPSA) is 149 Å². The normalized spacial score (nSPS) is 38.9. The standard InChI is InChI=1S/C21H32O8/c1-9(2)7-20(18(26)27)13-6-12(16(22)23)14(17(24)25)11(5)15(13)21(20,19(28)29)8-10(3)4/h9-15H,6-8H2,1-5H3,(H,22,23)(H,24,25)(H,26,27)(H,28,29). The summed E-state index contributed by atoms with van der Waals surface area (Å²) in [6.07, 6.45) is 0.0870. The summed E-state index contributed by atoms with van der Waals surface area (Å²) < 4.78 is 0. The minimum absolute atomic E-state index is 0.108. The van der Waals surface area contributed by atoms with E-state index in [1.54, 1.807) is 6.92 Å². The van der Waals surface area contributed by atoms with E-state index in [9.17, 15) is 39.6 Å². The van der Waals surface area contributed by atoms with E-state index in [2.05, 4.69) is 0 Å². The number of carbonyl (C=O) groups is 4. The van der Waals surface area contributed by atoms with E-state index < -0.39 is 64.3 Å². The molecule has 2 rings (SSSR count). The molecule has 2 aliphatic rings. The lowest BCUT2D eigenvalue weighted by Crippen LogP contribution is -2.76. The van der Waals surface area contributed by atoms with Gasteiger partial charge in [-0.25, -0.2) is 0 Å². The van der Waals surface area contributed by atoms with Crippen molar-refractivity contribution in [3.8, 4) is 0 Å². The Morgan fingerprint density at radius 2 is 1.28 bits per heavy atom. The highest BCUT2D eigenvalue weighted by atomic mass is 16.4. The van der Waals surface area contributed by atoms with Crippen LogP contribution in [0, 0.1) is 52.3 Å². The second kappa shape index (κ2) is 7.61. The molecule has 0 spiro atoms. The van der Waals surface area contributed by atoms with Gasteiger partial charge in [0.2, 0.25) is 0 Å². The molecule has 2 aliphatic carbocycles. The van der Waals surface area contributed by atoms with Crippen LogP contribution in [0.15, 0.2) is 0 Å². The van der Waals surface area contributed by atoms with Gasteiger partial charge in [0.1, 0.15) is 0 Å². The number of hydrogen-bond donors (Lipinski definition) is 4. The van der Waals surface area contributed by atoms with Crippen molar-refractivity contribution in [3.63, 3.8) is 0 Å². The minimum atomic E-state index is -1.63. The fourth-order valence-electron chi connectivity index (χ4n) is 6.80. The summed E-state index contributed by atoms with van der Waals surface area (Å²) in [6.45, 7) is 8.86. The summed E-state index contributed by atoms with van der Waals surface area (Å²) in [5, 5.41) is 40.0. The van der Waals surface area contributed by atoms with Crippen LogP contribution in [0.2, 0.25) is 0 Å². The molecule has 0 aromatic carbocycles. The fraction of sp³-hybridized carbons (Fsp3) is 0.810. The molecule has 29 heavy (non-hydrogen) atoms. The Balaban J connectivity index is 2.76. The average molecular weight is 412 g/mol. The van der Waals surface area contributed by atoms with E-state index in [0.717, 1.165) is 0 Å². The van der Waals surface area contributed by atoms with Gasteiger partial charge in [0.25, 0.3) is 0 Å². The van der Waals surface area contributed by atoms with E-state index >= 15 is 0 Å². The van der Waals surface area contributed by atoms with Crippen molar-refractivity contribution >= 4 is 23.9 Å². The second-order valence-electron chi connectivity index (χ2n) is 9.78. The number of rotatable bonds is 8. The molecule has 8 heteroatoms. The molecule has 8 nitrogen and oxygen atoms in total. The highest BCUT2D eigenvalue weighted by Crippen LogP contribution is 2.75. The third kappa shape index (κ3) is 3.11. The maximum Gasteiger partial charge on any atom is 0.311 e. The van der Waals surface area contributed by atoms with Gasteiger partial charge in [0, 0.05) is 0 Å². The molecule has 7 unspecified atom stereocenters. The fourth-order valence-corrected chi connectivity index (χ4v) is 6.80. The van der Waals surface area contributed by atoms with Crippen LogP contribution in [-0.2, 0) is 19.2 Å². The largest absolute Gasteiger partial charge is 0.481 e. The van der Waals surface area contributed by atoms with Crippen LogP contribution < -0.4 is 0 Å². The van der Waals surface area contributed by atoms with Gasteiger partial charge in [-0.3, -0.25) is 19.2 Å². The summed E-state index contributed by atoms with van der Waals surface area (Å²) in [5.74, 6) is -9.86. The lowest BCUT2D eigenvalue weighted by atomic mass is 9.29. The van der Waals surface area contributed by atoms with Gasteiger partial charge in [-0.2, -0.15) is 0 Å². The van der Waals surface area contributed by atoms with E-state index in [-0.39, 0.29) is 31.1 Å². The first-order valence-electron chi connectivity index (χ1n) is 10.2. The lowest BCUT2D eigenvalue weighted by molar-refractivity contribution is -0.273. The third-order valence-corrected chi connectivity index (χ3v) is 7.33. The maximum atomic E-state index is 12.7. The van der Waals surface area contributed by atoms with Crippen LogP contribution in [0.4, 0.5) is 0 Å². The minimum Gasteiger partial charge on any atom is -0.481 e. The van der Waals surface area contributed by atoms with Crippen molar-refractivity contribution in [2.75, 3.05) is 0 Å². The first-order chi connectivity index (χ1) is 13.3. The number of hydrogen-bond acceptors (Lipinski definition) is 4. The monoisotopic (exact) mass is 412 g/mol. The second-order valence-corrected chi connectivity index (χ2v) is 9.78. The zero-order valence-electron chi connectivity index (χ0n) is 17.6. The molecule has 0 aromatic rings. The molecule has 4 N–H and O–H groups in total. The average Bonchev–Trinajstić information content (AvgIpc) is 2.55. The van der Waals surface area contributed by atoms with Gasteiger partial charge >= 0.3 is 23.9 Å². The Morgan fingerprint density at radius 1 is 0.828 bits per heavy atom. The molecule has 2 fully saturated rings. The van der Waals surface area contributed by atoms with Crippen molar-refractivity contribution < 1.29 is 39.6 Å². The van der Waals surface area contributed by atoms with Crippen LogP contribution in [0.1, 0.15) is 53.9 Å². The smallest absolute Gasteiger partial charge is 0.311 e. The van der Waals surface area contributed by atoms with Crippen LogP contribution in [-0.4, -0.2) is 44.3 Å². The molecular formula is C21H32O8. The van der Waals surface area contributed by atoms with Crippen molar-refractivity contribution in [1.82, 2.24) is 0 Å². The zero-order valence-corrected chi connectivity index (χ0v) is 17.6. The van der Waals surface area contributed by atoms with E-state index in [4.69, 9.17) is 0 Å². The van der Waals surface area contributed by atoms with E-state index in [1.807, 2.05) is 27.7 Å². The van der Waals surface area contributed by atoms with Crippen molar-refractivity contribution in [1.29, 1.82) is 0 Å². The molecule has 0 aliphatic heterocycles. The van der Waals surface area contributed by atoms with Gasteiger partial charge in [-0.05, 0) is 48.9 Å². The number of aliphatic carboxylic acids is 4. The van der Waals surface area contributed by atoms with Gasteiger partial charge in [-0.15, -0.1) is 0 Å². The Morgan fingerprint density at radius 3 is 1.62 bits per heavy atom. The maximum absolute atomic E-state index is 12.7. The summed E-state index contributed by atoms with van der Waals surface area (Å²) in [6, 6.07) is 0. The Kier molecular flexibility index (Phi) is 6.08. The molecule has 164 valence electrons. The first-order valence-corrected chi connectivity index (χ1v) is 10.2. The van der Waals surface area contributed by atoms with E-state index in [0.29, 0.717) is 0 Å². The molecule has 0 heterocycles. The number of carboxylic acid groups (broad SMARTS) is 4. The van der Waals surface area contributed by atoms with Crippen molar-refractivity contribution in [3.05, 3.63) is 0 Å². The Bertz CT molecular complexity index is 713. The van der Waals surface area contributed by atoms with Crippen LogP contribution in [0.25, 0.3) is 0 Å². The molecule has 0 radical (unpaired) electrons. The summed E-state index contributed by atoms with van der Waals surface area (Å²) in [5.41, 5.74) is -3.24. The van der Waals surface area contributed by atoms with Gasteiger partial charge < -0.3 is 20.4 Å². The van der Waals surface area contributed by atoms with Crippen LogP contribution >= 0.6 is 0 Å². The van der Waals surface area contributed by atoms with E-state index in [1.165, 1.54) is 0 Å². The summed E-state index contributed by atoms with van der Waals surface area (Å²) >= 11 is 0. The van der Waals surface area contributed by atoms with Gasteiger partial charge in [0.05, 0.1) is 22.7 Å². The van der Waals surface area contributed by atoms with Gasteiger partial charge in [-0.1, -0.05) is 34.6 Å². The molecule has 0 amide bonds. The Labute approximate surface area is 170 Å². The quantitative estimate of drug-likeness (QED) is 0.475. The molecular weight excluding hydrogens is 380 g/mol. The first kappa shape index (κ1) is 23.2. The highest BCUT2D eigenvalue weighted by molar-refractivity contribution is 5.91.